The van der Waals surface area contributed by atoms with E-state index in [1.165, 1.54) is 19.3 Å². The van der Waals surface area contributed by atoms with E-state index in [1.807, 2.05) is 55.5 Å². The van der Waals surface area contributed by atoms with E-state index in [-0.39, 0.29) is 5.82 Å². The van der Waals surface area contributed by atoms with E-state index in [2.05, 4.69) is 11.9 Å². The Kier molecular flexibility index (Phi) is 7.18. The molecule has 3 heteroatoms. The Morgan fingerprint density at radius 2 is 1.64 bits per heavy atom. The highest BCUT2D eigenvalue weighted by atomic mass is 19.1. The minimum Gasteiger partial charge on any atom is -0.494 e. The van der Waals surface area contributed by atoms with E-state index in [1.54, 1.807) is 12.3 Å². The lowest BCUT2D eigenvalue weighted by Gasteiger charge is -2.08. The molecule has 3 aromatic rings. The third-order valence-electron chi connectivity index (χ3n) is 4.89. The first-order valence-electron chi connectivity index (χ1n) is 10.2. The highest BCUT2D eigenvalue weighted by Gasteiger charge is 2.08. The predicted octanol–water partition coefficient (Wildman–Crippen LogP) is 7.08. The van der Waals surface area contributed by atoms with Gasteiger partial charge in [-0.1, -0.05) is 50.5 Å². The SMILES string of the molecule is CCCCCCc1ccc(-c2ccc(-c3ccc(OCC)cc3)cn2)c(F)c1. The first kappa shape index (κ1) is 20.1. The lowest BCUT2D eigenvalue weighted by atomic mass is 10.0. The van der Waals surface area contributed by atoms with Crippen LogP contribution in [0.5, 0.6) is 5.75 Å². The third kappa shape index (κ3) is 5.19. The van der Waals surface area contributed by atoms with Gasteiger partial charge >= 0.3 is 0 Å². The summed E-state index contributed by atoms with van der Waals surface area (Å²) < 4.78 is 20.1. The van der Waals surface area contributed by atoms with Gasteiger partial charge in [0.15, 0.2) is 0 Å². The van der Waals surface area contributed by atoms with Crippen molar-refractivity contribution in [3.63, 3.8) is 0 Å². The summed E-state index contributed by atoms with van der Waals surface area (Å²) in [7, 11) is 0. The Morgan fingerprint density at radius 3 is 2.29 bits per heavy atom. The summed E-state index contributed by atoms with van der Waals surface area (Å²) in [6, 6.07) is 17.3. The van der Waals surface area contributed by atoms with Gasteiger partial charge in [0.1, 0.15) is 11.6 Å². The van der Waals surface area contributed by atoms with Gasteiger partial charge in [-0.3, -0.25) is 4.98 Å². The molecule has 0 saturated heterocycles. The zero-order valence-electron chi connectivity index (χ0n) is 16.7. The van der Waals surface area contributed by atoms with E-state index in [9.17, 15) is 4.39 Å². The van der Waals surface area contributed by atoms with E-state index in [0.717, 1.165) is 35.3 Å². The smallest absolute Gasteiger partial charge is 0.132 e. The summed E-state index contributed by atoms with van der Waals surface area (Å²) in [6.45, 7) is 4.82. The van der Waals surface area contributed by atoms with Crippen molar-refractivity contribution in [1.29, 1.82) is 0 Å². The van der Waals surface area contributed by atoms with Gasteiger partial charge in [-0.2, -0.15) is 0 Å². The number of rotatable bonds is 9. The van der Waals surface area contributed by atoms with Crippen molar-refractivity contribution in [3.8, 4) is 28.1 Å². The molecular weight excluding hydrogens is 349 g/mol. The molecule has 0 spiro atoms. The van der Waals surface area contributed by atoms with Crippen molar-refractivity contribution < 1.29 is 9.13 Å². The average molecular weight is 378 g/mol. The molecule has 0 fully saturated rings. The molecule has 1 heterocycles. The van der Waals surface area contributed by atoms with Crippen LogP contribution in [0.4, 0.5) is 4.39 Å². The Balaban J connectivity index is 1.70. The van der Waals surface area contributed by atoms with Crippen LogP contribution in [-0.4, -0.2) is 11.6 Å². The first-order chi connectivity index (χ1) is 13.7. The van der Waals surface area contributed by atoms with Crippen molar-refractivity contribution in [1.82, 2.24) is 4.98 Å². The molecule has 2 aromatic carbocycles. The molecule has 0 aliphatic heterocycles. The van der Waals surface area contributed by atoms with Crippen LogP contribution in [-0.2, 0) is 6.42 Å². The number of halogens is 1. The number of unbranched alkanes of at least 4 members (excludes halogenated alkanes) is 3. The molecule has 3 rings (SSSR count). The number of aromatic nitrogens is 1. The van der Waals surface area contributed by atoms with Crippen LogP contribution in [0.3, 0.4) is 0 Å². The van der Waals surface area contributed by atoms with Gasteiger partial charge in [-0.05, 0) is 61.2 Å². The zero-order chi connectivity index (χ0) is 19.8. The van der Waals surface area contributed by atoms with Gasteiger partial charge in [0.05, 0.1) is 12.3 Å². The Hall–Kier alpha value is -2.68. The van der Waals surface area contributed by atoms with Crippen LogP contribution in [0.15, 0.2) is 60.8 Å². The number of benzene rings is 2. The summed E-state index contributed by atoms with van der Waals surface area (Å²) in [5.41, 5.74) is 4.33. The van der Waals surface area contributed by atoms with Gasteiger partial charge in [0.25, 0.3) is 0 Å². The fraction of sp³-hybridized carbons (Fsp3) is 0.320. The minimum absolute atomic E-state index is 0.200. The molecule has 0 bridgehead atoms. The Morgan fingerprint density at radius 1 is 0.857 bits per heavy atom. The van der Waals surface area contributed by atoms with Crippen LogP contribution in [0.25, 0.3) is 22.4 Å². The van der Waals surface area contributed by atoms with Crippen LogP contribution >= 0.6 is 0 Å². The molecule has 0 N–H and O–H groups in total. The molecule has 0 atom stereocenters. The molecule has 0 unspecified atom stereocenters. The van der Waals surface area contributed by atoms with Gasteiger partial charge in [-0.25, -0.2) is 4.39 Å². The zero-order valence-corrected chi connectivity index (χ0v) is 16.7. The fourth-order valence-electron chi connectivity index (χ4n) is 3.31. The van der Waals surface area contributed by atoms with E-state index >= 15 is 0 Å². The molecule has 0 saturated carbocycles. The normalized spacial score (nSPS) is 10.8. The molecule has 146 valence electrons. The lowest BCUT2D eigenvalue weighted by molar-refractivity contribution is 0.340. The van der Waals surface area contributed by atoms with E-state index in [0.29, 0.717) is 17.9 Å². The number of hydrogen-bond acceptors (Lipinski definition) is 2. The molecule has 0 aliphatic carbocycles. The van der Waals surface area contributed by atoms with Crippen LogP contribution in [0.1, 0.15) is 45.1 Å². The maximum absolute atomic E-state index is 14.6. The minimum atomic E-state index is -0.200. The molecule has 0 radical (unpaired) electrons. The van der Waals surface area contributed by atoms with Crippen molar-refractivity contribution in [2.45, 2.75) is 46.0 Å². The Bertz CT molecular complexity index is 872. The first-order valence-corrected chi connectivity index (χ1v) is 10.2. The molecule has 0 aliphatic rings. The maximum atomic E-state index is 14.6. The number of aryl methyl sites for hydroxylation is 1. The van der Waals surface area contributed by atoms with Crippen molar-refractivity contribution in [3.05, 3.63) is 72.2 Å². The number of hydrogen-bond donors (Lipinski definition) is 0. The van der Waals surface area contributed by atoms with Crippen LogP contribution < -0.4 is 4.74 Å². The van der Waals surface area contributed by atoms with Gasteiger partial charge in [0.2, 0.25) is 0 Å². The number of pyridine rings is 1. The standard InChI is InChI=1S/C25H28FNO/c1-3-5-6-7-8-19-9-15-23(24(26)17-19)25-16-12-21(18-27-25)20-10-13-22(14-11-20)28-4-2/h9-18H,3-8H2,1-2H3. The fourth-order valence-corrected chi connectivity index (χ4v) is 3.31. The van der Waals surface area contributed by atoms with Crippen molar-refractivity contribution in [2.75, 3.05) is 6.61 Å². The second kappa shape index (κ2) is 10.0. The summed E-state index contributed by atoms with van der Waals surface area (Å²) in [5, 5.41) is 0. The van der Waals surface area contributed by atoms with Crippen molar-refractivity contribution in [2.24, 2.45) is 0 Å². The highest BCUT2D eigenvalue weighted by molar-refractivity contribution is 5.67. The van der Waals surface area contributed by atoms with Gasteiger partial charge < -0.3 is 4.74 Å². The third-order valence-corrected chi connectivity index (χ3v) is 4.89. The molecule has 0 amide bonds. The average Bonchev–Trinajstić information content (AvgIpc) is 2.72. The van der Waals surface area contributed by atoms with E-state index in [4.69, 9.17) is 4.74 Å². The molecule has 2 nitrogen and oxygen atoms in total. The largest absolute Gasteiger partial charge is 0.494 e. The van der Waals surface area contributed by atoms with Gasteiger partial charge in [-0.15, -0.1) is 0 Å². The maximum Gasteiger partial charge on any atom is 0.132 e. The number of nitrogens with zero attached hydrogens (tertiary/aromatic N) is 1. The summed E-state index contributed by atoms with van der Waals surface area (Å²) in [4.78, 5) is 4.49. The quantitative estimate of drug-likeness (QED) is 0.372. The summed E-state index contributed by atoms with van der Waals surface area (Å²) in [6.07, 6.45) is 7.50. The molecule has 28 heavy (non-hydrogen) atoms. The summed E-state index contributed by atoms with van der Waals surface area (Å²) >= 11 is 0. The Labute approximate surface area is 167 Å². The van der Waals surface area contributed by atoms with Crippen molar-refractivity contribution >= 4 is 0 Å². The summed E-state index contributed by atoms with van der Waals surface area (Å²) in [5.74, 6) is 0.655. The highest BCUT2D eigenvalue weighted by Crippen LogP contribution is 2.26. The second-order valence-corrected chi connectivity index (χ2v) is 7.01. The van der Waals surface area contributed by atoms with Crippen LogP contribution in [0.2, 0.25) is 0 Å². The topological polar surface area (TPSA) is 22.1 Å². The predicted molar refractivity (Wildman–Crippen MR) is 114 cm³/mol. The van der Waals surface area contributed by atoms with Gasteiger partial charge in [0, 0.05) is 17.3 Å². The van der Waals surface area contributed by atoms with Crippen LogP contribution in [0, 0.1) is 5.82 Å². The second-order valence-electron chi connectivity index (χ2n) is 7.01. The number of ether oxygens (including phenoxy) is 1. The monoisotopic (exact) mass is 377 g/mol. The van der Waals surface area contributed by atoms with E-state index < -0.39 is 0 Å². The molecular formula is C25H28FNO. The lowest BCUT2D eigenvalue weighted by Crippen LogP contribution is -1.93. The molecule has 1 aromatic heterocycles.